The van der Waals surface area contributed by atoms with E-state index in [2.05, 4.69) is 278 Å². The van der Waals surface area contributed by atoms with Gasteiger partial charge in [0.2, 0.25) is 0 Å². The van der Waals surface area contributed by atoms with E-state index in [1.165, 1.54) is 71.4 Å². The first kappa shape index (κ1) is 45.1. The van der Waals surface area contributed by atoms with Crippen molar-refractivity contribution in [3.63, 3.8) is 0 Å². The van der Waals surface area contributed by atoms with E-state index >= 15 is 0 Å². The second-order valence-electron chi connectivity index (χ2n) is 21.2. The van der Waals surface area contributed by atoms with Gasteiger partial charge in [-0.15, -0.1) is 0 Å². The molecule has 0 saturated heterocycles. The van der Waals surface area contributed by atoms with Gasteiger partial charge in [0.25, 0.3) is 0 Å². The fraction of sp³-hybridized carbons (Fsp3) is 0.0400. The summed E-state index contributed by atoms with van der Waals surface area (Å²) in [6.45, 7) is 4.39. The van der Waals surface area contributed by atoms with Crippen LogP contribution in [0.1, 0.15) is 33.4 Å². The molecule has 0 saturated carbocycles. The molecule has 4 nitrogen and oxygen atoms in total. The monoisotopic (exact) mass is 1010 g/mol. The quantitative estimate of drug-likeness (QED) is 0.142. The van der Waals surface area contributed by atoms with Crippen LogP contribution >= 0.6 is 0 Å². The van der Waals surface area contributed by atoms with Crippen LogP contribution < -0.4 is 9.80 Å². The molecule has 372 valence electrons. The molecule has 79 heavy (non-hydrogen) atoms. The summed E-state index contributed by atoms with van der Waals surface area (Å²) in [5, 5.41) is 11.5. The maximum atomic E-state index is 6.81. The molecule has 16 rings (SSSR count). The lowest BCUT2D eigenvalue weighted by Gasteiger charge is -2.35. The Kier molecular flexibility index (Phi) is 9.95. The van der Waals surface area contributed by atoms with Gasteiger partial charge in [-0.1, -0.05) is 194 Å². The Balaban J connectivity index is 0.975. The van der Waals surface area contributed by atoms with E-state index in [0.717, 1.165) is 83.4 Å². The fourth-order valence-corrected chi connectivity index (χ4v) is 13.5. The molecule has 15 aromatic rings. The molecular weight excluding hydrogens is 961 g/mol. The number of aryl methyl sites for hydroxylation is 2. The molecule has 1 aliphatic rings. The molecule has 0 spiro atoms. The summed E-state index contributed by atoms with van der Waals surface area (Å²) >= 11 is 0. The van der Waals surface area contributed by atoms with Crippen LogP contribution in [0.25, 0.3) is 87.3 Å². The van der Waals surface area contributed by atoms with Crippen LogP contribution in [-0.4, -0.2) is 0 Å². The number of anilines is 6. The lowest BCUT2D eigenvalue weighted by molar-refractivity contribution is 0.668. The number of fused-ring (bicyclic) bond motifs is 15. The first-order valence-corrected chi connectivity index (χ1v) is 27.2. The molecule has 0 unspecified atom stereocenters. The third-order valence-corrected chi connectivity index (χ3v) is 16.9. The van der Waals surface area contributed by atoms with Crippen LogP contribution in [0, 0.1) is 13.8 Å². The average Bonchev–Trinajstić information content (AvgIpc) is 3.67. The molecule has 2 aromatic heterocycles. The highest BCUT2D eigenvalue weighted by molar-refractivity contribution is 6.21. The Bertz CT molecular complexity index is 4910. The van der Waals surface area contributed by atoms with Crippen molar-refractivity contribution < 1.29 is 8.83 Å². The maximum absolute atomic E-state index is 6.81. The van der Waals surface area contributed by atoms with Crippen molar-refractivity contribution >= 4 is 110 Å². The van der Waals surface area contributed by atoms with Crippen LogP contribution in [0.3, 0.4) is 0 Å². The Morgan fingerprint density at radius 3 is 1.37 bits per heavy atom. The van der Waals surface area contributed by atoms with E-state index in [9.17, 15) is 0 Å². The molecule has 0 fully saturated rings. The molecule has 0 aliphatic heterocycles. The minimum atomic E-state index is -0.716. The Labute approximate surface area is 457 Å². The van der Waals surface area contributed by atoms with Gasteiger partial charge in [-0.05, 0) is 163 Å². The summed E-state index contributed by atoms with van der Waals surface area (Å²) < 4.78 is 13.6. The van der Waals surface area contributed by atoms with Crippen molar-refractivity contribution in [3.05, 3.63) is 300 Å². The molecule has 1 aliphatic carbocycles. The molecule has 0 N–H and O–H groups in total. The van der Waals surface area contributed by atoms with E-state index in [0.29, 0.717) is 0 Å². The molecule has 0 radical (unpaired) electrons. The molecule has 2 heterocycles. The second-order valence-corrected chi connectivity index (χ2v) is 21.2. The van der Waals surface area contributed by atoms with Gasteiger partial charge in [0.1, 0.15) is 11.2 Å². The van der Waals surface area contributed by atoms with Gasteiger partial charge >= 0.3 is 0 Å². The summed E-state index contributed by atoms with van der Waals surface area (Å²) in [5.74, 6) is 0. The summed E-state index contributed by atoms with van der Waals surface area (Å²) in [6.07, 6.45) is 0. The zero-order valence-corrected chi connectivity index (χ0v) is 43.6. The van der Waals surface area contributed by atoms with Gasteiger partial charge in [-0.2, -0.15) is 0 Å². The van der Waals surface area contributed by atoms with Gasteiger partial charge in [0.15, 0.2) is 11.2 Å². The summed E-state index contributed by atoms with van der Waals surface area (Å²) in [5.41, 5.74) is 18.9. The second kappa shape index (κ2) is 17.4. The number of furan rings is 2. The Morgan fingerprint density at radius 2 is 0.785 bits per heavy atom. The minimum absolute atomic E-state index is 0.716. The molecule has 0 atom stereocenters. The average molecular weight is 1010 g/mol. The molecule has 4 heteroatoms. The predicted molar refractivity (Wildman–Crippen MR) is 330 cm³/mol. The van der Waals surface area contributed by atoms with Gasteiger partial charge in [0, 0.05) is 44.3 Å². The third kappa shape index (κ3) is 6.62. The van der Waals surface area contributed by atoms with E-state index in [1.54, 1.807) is 0 Å². The molecule has 0 amide bonds. The highest BCUT2D eigenvalue weighted by Crippen LogP contribution is 2.61. The number of nitrogens with zero attached hydrogens (tertiary/aromatic N) is 2. The molecule has 0 bridgehead atoms. The number of rotatable bonds is 8. The lowest BCUT2D eigenvalue weighted by Crippen LogP contribution is -2.29. The SMILES string of the molecule is Cc1ccccc1N(c1ccc2cc3c(cc2c1)C(c1ccccc1)(c1ccccc1)c1c-3c2ccccc2c2cc(N(c3ccccc3C)c3cccc4c3oc3ccccc34)ccc12)c1cccc2c1oc1ccccc12. The molecule has 13 aromatic carbocycles. The van der Waals surface area contributed by atoms with Crippen LogP contribution in [0.5, 0.6) is 0 Å². The van der Waals surface area contributed by atoms with Gasteiger partial charge in [-0.3, -0.25) is 0 Å². The Hall–Kier alpha value is -10.2. The minimum Gasteiger partial charge on any atom is -0.454 e. The van der Waals surface area contributed by atoms with E-state index < -0.39 is 5.41 Å². The zero-order valence-electron chi connectivity index (χ0n) is 43.6. The maximum Gasteiger partial charge on any atom is 0.159 e. The fourth-order valence-electron chi connectivity index (χ4n) is 13.5. The number of benzene rings is 13. The lowest BCUT2D eigenvalue weighted by atomic mass is 9.66. The first-order chi connectivity index (χ1) is 39.0. The normalized spacial score (nSPS) is 12.8. The van der Waals surface area contributed by atoms with Crippen molar-refractivity contribution in [3.8, 4) is 11.1 Å². The predicted octanol–water partition coefficient (Wildman–Crippen LogP) is 20.9. The van der Waals surface area contributed by atoms with Crippen molar-refractivity contribution in [1.82, 2.24) is 0 Å². The Morgan fingerprint density at radius 1 is 0.316 bits per heavy atom. The van der Waals surface area contributed by atoms with Gasteiger partial charge in [-0.25, -0.2) is 0 Å². The first-order valence-electron chi connectivity index (χ1n) is 27.2. The van der Waals surface area contributed by atoms with Crippen molar-refractivity contribution in [1.29, 1.82) is 0 Å². The number of hydrogen-bond acceptors (Lipinski definition) is 4. The van der Waals surface area contributed by atoms with E-state index in [-0.39, 0.29) is 0 Å². The van der Waals surface area contributed by atoms with Crippen LogP contribution in [-0.2, 0) is 5.41 Å². The smallest absolute Gasteiger partial charge is 0.159 e. The molecular formula is C75H50N2O2. The van der Waals surface area contributed by atoms with E-state index in [4.69, 9.17) is 8.83 Å². The highest BCUT2D eigenvalue weighted by Gasteiger charge is 2.48. The largest absolute Gasteiger partial charge is 0.454 e. The van der Waals surface area contributed by atoms with Crippen molar-refractivity contribution in [2.75, 3.05) is 9.80 Å². The van der Waals surface area contributed by atoms with Gasteiger partial charge in [0.05, 0.1) is 16.8 Å². The number of para-hydroxylation sites is 6. The third-order valence-electron chi connectivity index (χ3n) is 16.9. The summed E-state index contributed by atoms with van der Waals surface area (Å²) in [4.78, 5) is 4.79. The van der Waals surface area contributed by atoms with Crippen molar-refractivity contribution in [2.45, 2.75) is 19.3 Å². The number of hydrogen-bond donors (Lipinski definition) is 0. The highest BCUT2D eigenvalue weighted by atomic mass is 16.3. The topological polar surface area (TPSA) is 32.8 Å². The summed E-state index contributed by atoms with van der Waals surface area (Å²) in [6, 6.07) is 97.7. The van der Waals surface area contributed by atoms with Crippen LogP contribution in [0.15, 0.2) is 276 Å². The van der Waals surface area contributed by atoms with Gasteiger partial charge < -0.3 is 18.6 Å². The zero-order chi connectivity index (χ0) is 52.3. The standard InChI is InChI=1S/C75H50N2O2/c1-47-21-9-15-33-65(47)76(67-35-19-31-60-56-28-13-17-37-69(56)78-73(60)67)53-40-39-49-44-63-64(45-50(49)43-53)75(51-23-5-3-6-24-51,52-25-7-4-8-26-52)72-59-42-41-54(46-62(59)55-27-11-12-30-58(55)71(63)72)77(66-34-16-10-22-48(66)2)68-36-20-32-61-57-29-14-18-38-70(57)79-74(61)68/h3-46H,1-2H3. The summed E-state index contributed by atoms with van der Waals surface area (Å²) in [7, 11) is 0. The van der Waals surface area contributed by atoms with Crippen LogP contribution in [0.4, 0.5) is 34.1 Å². The van der Waals surface area contributed by atoms with Crippen molar-refractivity contribution in [2.24, 2.45) is 0 Å². The van der Waals surface area contributed by atoms with Crippen LogP contribution in [0.2, 0.25) is 0 Å². The van der Waals surface area contributed by atoms with E-state index in [1.807, 2.05) is 12.1 Å².